The molecule has 0 atom stereocenters. The van der Waals surface area contributed by atoms with Gasteiger partial charge in [-0.2, -0.15) is 5.26 Å². The van der Waals surface area contributed by atoms with Crippen molar-refractivity contribution in [3.05, 3.63) is 63.6 Å². The maximum atomic E-state index is 12.9. The molecule has 0 amide bonds. The van der Waals surface area contributed by atoms with E-state index in [1.54, 1.807) is 32.3 Å². The molecule has 29 heavy (non-hydrogen) atoms. The standard InChI is InChI=1S/C21H18N4O3S/c1-4-28-21(27)17-12(2)18(24-13(17)3)19(26)14(10-22)9-15-11-29-20(25-15)16-7-5-6-8-23-16/h5-9,11,24H,4H2,1-3H3. The summed E-state index contributed by atoms with van der Waals surface area (Å²) in [4.78, 5) is 36.6. The van der Waals surface area contributed by atoms with Crippen molar-refractivity contribution in [2.45, 2.75) is 20.8 Å². The molecule has 1 N–H and O–H groups in total. The lowest BCUT2D eigenvalue weighted by atomic mass is 10.0. The van der Waals surface area contributed by atoms with Crippen molar-refractivity contribution in [2.24, 2.45) is 0 Å². The molecule has 0 saturated heterocycles. The molecule has 0 bridgehead atoms. The van der Waals surface area contributed by atoms with Crippen molar-refractivity contribution in [2.75, 3.05) is 6.61 Å². The number of carbonyl (C=O) groups excluding carboxylic acids is 2. The van der Waals surface area contributed by atoms with Gasteiger partial charge in [-0.1, -0.05) is 6.07 Å². The van der Waals surface area contributed by atoms with E-state index in [1.807, 2.05) is 24.3 Å². The van der Waals surface area contributed by atoms with Crippen LogP contribution in [0.5, 0.6) is 0 Å². The lowest BCUT2D eigenvalue weighted by Gasteiger charge is -2.02. The summed E-state index contributed by atoms with van der Waals surface area (Å²) in [5, 5.41) is 12.0. The first-order chi connectivity index (χ1) is 14.0. The molecule has 0 saturated carbocycles. The number of nitriles is 1. The Labute approximate surface area is 171 Å². The summed E-state index contributed by atoms with van der Waals surface area (Å²) >= 11 is 1.37. The minimum absolute atomic E-state index is 0.0809. The molecule has 8 heteroatoms. The Morgan fingerprint density at radius 3 is 2.79 bits per heavy atom. The van der Waals surface area contributed by atoms with Crippen molar-refractivity contribution in [3.63, 3.8) is 0 Å². The molecule has 7 nitrogen and oxygen atoms in total. The molecule has 0 fully saturated rings. The number of rotatable bonds is 6. The average Bonchev–Trinajstić information content (AvgIpc) is 3.30. The molecule has 0 aromatic carbocycles. The number of ketones is 1. The highest BCUT2D eigenvalue weighted by atomic mass is 32.1. The fourth-order valence-corrected chi connectivity index (χ4v) is 3.63. The number of aromatic nitrogens is 3. The van der Waals surface area contributed by atoms with Gasteiger partial charge in [0.15, 0.2) is 0 Å². The fraction of sp³-hybridized carbons (Fsp3) is 0.190. The normalized spacial score (nSPS) is 11.2. The van der Waals surface area contributed by atoms with Crippen LogP contribution in [-0.2, 0) is 4.74 Å². The maximum absolute atomic E-state index is 12.9. The number of ether oxygens (including phenoxy) is 1. The van der Waals surface area contributed by atoms with E-state index in [4.69, 9.17) is 4.74 Å². The number of Topliss-reactive ketones (excluding diaryl/α,β-unsaturated/α-hetero) is 1. The first kappa shape index (κ1) is 20.2. The molecule has 0 aliphatic rings. The van der Waals surface area contributed by atoms with Crippen LogP contribution < -0.4 is 0 Å². The number of nitrogens with one attached hydrogen (secondary N) is 1. The van der Waals surface area contributed by atoms with Crippen LogP contribution in [0.25, 0.3) is 16.8 Å². The molecule has 0 aliphatic heterocycles. The van der Waals surface area contributed by atoms with Gasteiger partial charge < -0.3 is 9.72 Å². The van der Waals surface area contributed by atoms with Gasteiger partial charge >= 0.3 is 5.97 Å². The molecule has 0 unspecified atom stereocenters. The van der Waals surface area contributed by atoms with E-state index in [0.29, 0.717) is 27.5 Å². The molecular formula is C21H18N4O3S. The third-order valence-corrected chi connectivity index (χ3v) is 5.09. The first-order valence-corrected chi connectivity index (χ1v) is 9.73. The highest BCUT2D eigenvalue weighted by molar-refractivity contribution is 7.13. The topological polar surface area (TPSA) is 109 Å². The predicted octanol–water partition coefficient (Wildman–Crippen LogP) is 4.12. The van der Waals surface area contributed by atoms with Crippen molar-refractivity contribution < 1.29 is 14.3 Å². The second-order valence-corrected chi connectivity index (χ2v) is 7.00. The van der Waals surface area contributed by atoms with Gasteiger partial charge in [-0.05, 0) is 44.5 Å². The molecule has 3 aromatic heterocycles. The van der Waals surface area contributed by atoms with Gasteiger partial charge in [-0.15, -0.1) is 11.3 Å². The number of allylic oxidation sites excluding steroid dienone is 1. The lowest BCUT2D eigenvalue weighted by Crippen LogP contribution is -2.08. The first-order valence-electron chi connectivity index (χ1n) is 8.86. The van der Waals surface area contributed by atoms with Gasteiger partial charge in [0.05, 0.1) is 29.3 Å². The van der Waals surface area contributed by atoms with Crippen LogP contribution >= 0.6 is 11.3 Å². The third kappa shape index (κ3) is 4.15. The van der Waals surface area contributed by atoms with Gasteiger partial charge in [0.25, 0.3) is 0 Å². The SMILES string of the molecule is CCOC(=O)c1c(C)[nH]c(C(=O)C(C#N)=Cc2csc(-c3ccccn3)n2)c1C. The van der Waals surface area contributed by atoms with Crippen LogP contribution in [0.15, 0.2) is 35.3 Å². The minimum atomic E-state index is -0.504. The zero-order valence-electron chi connectivity index (χ0n) is 16.1. The van der Waals surface area contributed by atoms with E-state index in [0.717, 1.165) is 5.69 Å². The second-order valence-electron chi connectivity index (χ2n) is 6.14. The number of thiazole rings is 1. The van der Waals surface area contributed by atoms with Gasteiger partial charge in [-0.3, -0.25) is 9.78 Å². The second kappa shape index (κ2) is 8.63. The van der Waals surface area contributed by atoms with Crippen molar-refractivity contribution in [1.82, 2.24) is 15.0 Å². The number of aryl methyl sites for hydroxylation is 1. The van der Waals surface area contributed by atoms with E-state index in [-0.39, 0.29) is 17.9 Å². The summed E-state index contributed by atoms with van der Waals surface area (Å²) in [6, 6.07) is 7.45. The Kier molecular flexibility index (Phi) is 6.00. The van der Waals surface area contributed by atoms with Crippen molar-refractivity contribution in [3.8, 4) is 16.8 Å². The zero-order valence-corrected chi connectivity index (χ0v) is 17.0. The number of nitrogens with zero attached hydrogens (tertiary/aromatic N) is 3. The predicted molar refractivity (Wildman–Crippen MR) is 109 cm³/mol. The number of H-pyrrole nitrogens is 1. The van der Waals surface area contributed by atoms with Crippen LogP contribution in [0, 0.1) is 25.2 Å². The van der Waals surface area contributed by atoms with E-state index in [9.17, 15) is 14.9 Å². The molecule has 0 spiro atoms. The van der Waals surface area contributed by atoms with Gasteiger partial charge in [0, 0.05) is 17.3 Å². The number of hydrogen-bond donors (Lipinski definition) is 1. The number of pyridine rings is 1. The smallest absolute Gasteiger partial charge is 0.340 e. The number of esters is 1. The van der Waals surface area contributed by atoms with Crippen LogP contribution in [0.4, 0.5) is 0 Å². The van der Waals surface area contributed by atoms with Crippen molar-refractivity contribution in [1.29, 1.82) is 5.26 Å². The summed E-state index contributed by atoms with van der Waals surface area (Å²) in [5.74, 6) is -1.00. The highest BCUT2D eigenvalue weighted by Crippen LogP contribution is 2.25. The fourth-order valence-electron chi connectivity index (χ4n) is 2.88. The molecule has 3 rings (SSSR count). The van der Waals surface area contributed by atoms with Crippen molar-refractivity contribution >= 4 is 29.2 Å². The molecule has 146 valence electrons. The summed E-state index contributed by atoms with van der Waals surface area (Å²) in [6.07, 6.45) is 3.11. The van der Waals surface area contributed by atoms with E-state index >= 15 is 0 Å². The summed E-state index contributed by atoms with van der Waals surface area (Å²) in [6.45, 7) is 5.29. The third-order valence-electron chi connectivity index (χ3n) is 4.21. The summed E-state index contributed by atoms with van der Waals surface area (Å²) in [5.41, 5.74) is 2.62. The van der Waals surface area contributed by atoms with Crippen LogP contribution in [-0.4, -0.2) is 33.3 Å². The van der Waals surface area contributed by atoms with Gasteiger partial charge in [0.2, 0.25) is 5.78 Å². The number of aromatic amines is 1. The summed E-state index contributed by atoms with van der Waals surface area (Å²) < 4.78 is 5.05. The Balaban J connectivity index is 1.92. The van der Waals surface area contributed by atoms with Gasteiger partial charge in [0.1, 0.15) is 16.6 Å². The molecule has 3 heterocycles. The monoisotopic (exact) mass is 406 g/mol. The average molecular weight is 406 g/mol. The Morgan fingerprint density at radius 1 is 1.34 bits per heavy atom. The Bertz CT molecular complexity index is 1140. The number of hydrogen-bond acceptors (Lipinski definition) is 7. The Morgan fingerprint density at radius 2 is 2.14 bits per heavy atom. The quantitative estimate of drug-likeness (QED) is 0.285. The Hall–Kier alpha value is -3.57. The largest absolute Gasteiger partial charge is 0.462 e. The molecular weight excluding hydrogens is 388 g/mol. The summed E-state index contributed by atoms with van der Waals surface area (Å²) in [7, 11) is 0. The van der Waals surface area contributed by atoms with E-state index in [2.05, 4.69) is 15.0 Å². The molecule has 0 aliphatic carbocycles. The molecule has 3 aromatic rings. The molecule has 0 radical (unpaired) electrons. The zero-order chi connectivity index (χ0) is 21.0. The van der Waals surface area contributed by atoms with Gasteiger partial charge in [-0.25, -0.2) is 9.78 Å². The number of carbonyl (C=O) groups is 2. The van der Waals surface area contributed by atoms with Crippen LogP contribution in [0.1, 0.15) is 44.7 Å². The van der Waals surface area contributed by atoms with Crippen LogP contribution in [0.2, 0.25) is 0 Å². The maximum Gasteiger partial charge on any atom is 0.340 e. The van der Waals surface area contributed by atoms with Crippen LogP contribution in [0.3, 0.4) is 0 Å². The lowest BCUT2D eigenvalue weighted by molar-refractivity contribution is 0.0525. The van der Waals surface area contributed by atoms with E-state index < -0.39 is 11.8 Å². The highest BCUT2D eigenvalue weighted by Gasteiger charge is 2.25. The minimum Gasteiger partial charge on any atom is -0.462 e. The van der Waals surface area contributed by atoms with E-state index in [1.165, 1.54) is 17.4 Å².